The van der Waals surface area contributed by atoms with Crippen LogP contribution in [0.15, 0.2) is 27.1 Å². The Morgan fingerprint density at radius 1 is 1.33 bits per heavy atom. The molecule has 6 heteroatoms. The number of rotatable bonds is 4. The number of hydrogen-bond donors (Lipinski definition) is 0. The molecule has 1 aromatic carbocycles. The fourth-order valence-electron chi connectivity index (χ4n) is 3.28. The van der Waals surface area contributed by atoms with Gasteiger partial charge in [-0.3, -0.25) is 4.90 Å². The SMILES string of the molecule is CCOC(=O)c1oc2ccc(Br)cc2c1CN1C[C@@H](C)O[C@@H](C)C1. The number of fused-ring (bicyclic) bond motifs is 1. The van der Waals surface area contributed by atoms with Gasteiger partial charge >= 0.3 is 5.97 Å². The molecule has 1 saturated heterocycles. The van der Waals surface area contributed by atoms with E-state index in [0.717, 1.165) is 28.5 Å². The maximum Gasteiger partial charge on any atom is 0.374 e. The van der Waals surface area contributed by atoms with Gasteiger partial charge in [0.05, 0.1) is 18.8 Å². The van der Waals surface area contributed by atoms with Crippen LogP contribution < -0.4 is 0 Å². The summed E-state index contributed by atoms with van der Waals surface area (Å²) in [5.74, 6) is -0.106. The molecule has 1 aromatic heterocycles. The van der Waals surface area contributed by atoms with Crippen molar-refractivity contribution in [2.45, 2.75) is 39.5 Å². The Hall–Kier alpha value is -1.37. The van der Waals surface area contributed by atoms with E-state index >= 15 is 0 Å². The lowest BCUT2D eigenvalue weighted by Crippen LogP contribution is -2.44. The average molecular weight is 396 g/mol. The lowest BCUT2D eigenvalue weighted by Gasteiger charge is -2.35. The van der Waals surface area contributed by atoms with Gasteiger partial charge in [0, 0.05) is 35.1 Å². The van der Waals surface area contributed by atoms with E-state index in [-0.39, 0.29) is 12.2 Å². The van der Waals surface area contributed by atoms with Crippen LogP contribution in [0.2, 0.25) is 0 Å². The van der Waals surface area contributed by atoms with Crippen LogP contribution >= 0.6 is 15.9 Å². The van der Waals surface area contributed by atoms with Crippen molar-refractivity contribution in [3.63, 3.8) is 0 Å². The second kappa shape index (κ2) is 7.25. The quantitative estimate of drug-likeness (QED) is 0.732. The van der Waals surface area contributed by atoms with Crippen LogP contribution in [0, 0.1) is 0 Å². The third-order valence-corrected chi connectivity index (χ3v) is 4.58. The number of hydrogen-bond acceptors (Lipinski definition) is 5. The zero-order chi connectivity index (χ0) is 17.3. The van der Waals surface area contributed by atoms with Gasteiger partial charge in [-0.05, 0) is 39.0 Å². The molecule has 0 amide bonds. The highest BCUT2D eigenvalue weighted by atomic mass is 79.9. The van der Waals surface area contributed by atoms with Crippen molar-refractivity contribution in [1.82, 2.24) is 4.90 Å². The molecule has 0 N–H and O–H groups in total. The predicted molar refractivity (Wildman–Crippen MR) is 95.2 cm³/mol. The maximum absolute atomic E-state index is 12.3. The van der Waals surface area contributed by atoms with E-state index in [1.54, 1.807) is 6.92 Å². The fourth-order valence-corrected chi connectivity index (χ4v) is 3.64. The lowest BCUT2D eigenvalue weighted by molar-refractivity contribution is -0.0705. The minimum atomic E-state index is -0.408. The van der Waals surface area contributed by atoms with Crippen molar-refractivity contribution in [1.29, 1.82) is 0 Å². The van der Waals surface area contributed by atoms with E-state index in [2.05, 4.69) is 34.7 Å². The van der Waals surface area contributed by atoms with Crippen molar-refractivity contribution in [2.75, 3.05) is 19.7 Å². The first-order chi connectivity index (χ1) is 11.5. The zero-order valence-electron chi connectivity index (χ0n) is 14.2. The Balaban J connectivity index is 1.98. The van der Waals surface area contributed by atoms with Gasteiger partial charge in [-0.15, -0.1) is 0 Å². The number of furan rings is 1. The van der Waals surface area contributed by atoms with Gasteiger partial charge in [0.1, 0.15) is 5.58 Å². The number of benzene rings is 1. The summed E-state index contributed by atoms with van der Waals surface area (Å²) < 4.78 is 17.7. The molecule has 0 spiro atoms. The monoisotopic (exact) mass is 395 g/mol. The van der Waals surface area contributed by atoms with Crippen LogP contribution in [0.1, 0.15) is 36.9 Å². The number of carbonyl (C=O) groups excluding carboxylic acids is 1. The van der Waals surface area contributed by atoms with Crippen LogP contribution in [0.4, 0.5) is 0 Å². The van der Waals surface area contributed by atoms with E-state index < -0.39 is 5.97 Å². The van der Waals surface area contributed by atoms with Crippen molar-refractivity contribution < 1.29 is 18.7 Å². The number of halogens is 1. The molecular weight excluding hydrogens is 374 g/mol. The number of ether oxygens (including phenoxy) is 2. The minimum Gasteiger partial charge on any atom is -0.460 e. The summed E-state index contributed by atoms with van der Waals surface area (Å²) in [6.45, 7) is 8.54. The Morgan fingerprint density at radius 3 is 2.71 bits per heavy atom. The highest BCUT2D eigenvalue weighted by Gasteiger charge is 2.27. The van der Waals surface area contributed by atoms with E-state index in [9.17, 15) is 4.79 Å². The summed E-state index contributed by atoms with van der Waals surface area (Å²) in [4.78, 5) is 14.6. The molecule has 0 bridgehead atoms. The Morgan fingerprint density at radius 2 is 2.04 bits per heavy atom. The highest BCUT2D eigenvalue weighted by molar-refractivity contribution is 9.10. The van der Waals surface area contributed by atoms with Crippen LogP contribution in [0.25, 0.3) is 11.0 Å². The molecule has 130 valence electrons. The van der Waals surface area contributed by atoms with Crippen molar-refractivity contribution >= 4 is 32.9 Å². The molecule has 3 rings (SSSR count). The minimum absolute atomic E-state index is 0.171. The number of carbonyl (C=O) groups is 1. The van der Waals surface area contributed by atoms with Crippen LogP contribution in [-0.4, -0.2) is 42.8 Å². The fraction of sp³-hybridized carbons (Fsp3) is 0.500. The summed E-state index contributed by atoms with van der Waals surface area (Å²) in [5, 5.41) is 0.944. The van der Waals surface area contributed by atoms with Crippen molar-refractivity contribution in [3.05, 3.63) is 34.0 Å². The molecule has 2 aromatic rings. The van der Waals surface area contributed by atoms with Crippen molar-refractivity contribution in [2.24, 2.45) is 0 Å². The number of nitrogens with zero attached hydrogens (tertiary/aromatic N) is 1. The van der Waals surface area contributed by atoms with Gasteiger partial charge < -0.3 is 13.9 Å². The molecule has 0 aliphatic carbocycles. The van der Waals surface area contributed by atoms with Gasteiger partial charge in [0.25, 0.3) is 0 Å². The molecule has 2 atom stereocenters. The van der Waals surface area contributed by atoms with Crippen LogP contribution in [0.3, 0.4) is 0 Å². The normalized spacial score (nSPS) is 22.0. The van der Waals surface area contributed by atoms with Gasteiger partial charge in [0.15, 0.2) is 0 Å². The van der Waals surface area contributed by atoms with Crippen LogP contribution in [0.5, 0.6) is 0 Å². The van der Waals surface area contributed by atoms with Gasteiger partial charge in [-0.1, -0.05) is 15.9 Å². The highest BCUT2D eigenvalue weighted by Crippen LogP contribution is 2.31. The Bertz CT molecular complexity index is 732. The molecule has 5 nitrogen and oxygen atoms in total. The molecule has 24 heavy (non-hydrogen) atoms. The molecule has 0 saturated carbocycles. The molecule has 2 heterocycles. The van der Waals surface area contributed by atoms with E-state index in [4.69, 9.17) is 13.9 Å². The standard InChI is InChI=1S/C18H22BrNO4/c1-4-22-18(21)17-15(10-20-8-11(2)23-12(3)9-20)14-7-13(19)5-6-16(14)24-17/h5-7,11-12H,4,8-10H2,1-3H3/t11-,12+. The second-order valence-electron chi connectivity index (χ2n) is 6.22. The first-order valence-electron chi connectivity index (χ1n) is 8.23. The molecule has 1 aliphatic rings. The van der Waals surface area contributed by atoms with E-state index in [1.165, 1.54) is 0 Å². The first-order valence-corrected chi connectivity index (χ1v) is 9.03. The van der Waals surface area contributed by atoms with Crippen LogP contribution in [-0.2, 0) is 16.0 Å². The molecular formula is C18H22BrNO4. The Kier molecular flexibility index (Phi) is 5.27. The largest absolute Gasteiger partial charge is 0.460 e. The van der Waals surface area contributed by atoms with E-state index in [0.29, 0.717) is 24.5 Å². The van der Waals surface area contributed by atoms with E-state index in [1.807, 2.05) is 18.2 Å². The molecule has 0 radical (unpaired) electrons. The summed E-state index contributed by atoms with van der Waals surface area (Å²) in [5.41, 5.74) is 1.58. The van der Waals surface area contributed by atoms with Gasteiger partial charge in [-0.25, -0.2) is 4.79 Å². The third kappa shape index (κ3) is 3.66. The smallest absolute Gasteiger partial charge is 0.374 e. The summed E-state index contributed by atoms with van der Waals surface area (Å²) in [6.07, 6.45) is 0.342. The molecule has 1 fully saturated rings. The predicted octanol–water partition coefficient (Wildman–Crippen LogP) is 3.98. The van der Waals surface area contributed by atoms with Crippen molar-refractivity contribution in [3.8, 4) is 0 Å². The zero-order valence-corrected chi connectivity index (χ0v) is 15.8. The second-order valence-corrected chi connectivity index (χ2v) is 7.14. The molecule has 0 unspecified atom stereocenters. The average Bonchev–Trinajstić information content (AvgIpc) is 2.85. The number of morpholine rings is 1. The Labute approximate surface area is 150 Å². The first kappa shape index (κ1) is 17.5. The topological polar surface area (TPSA) is 51.9 Å². The maximum atomic E-state index is 12.3. The lowest BCUT2D eigenvalue weighted by atomic mass is 10.1. The summed E-state index contributed by atoms with van der Waals surface area (Å²) >= 11 is 3.50. The van der Waals surface area contributed by atoms with Gasteiger partial charge in [-0.2, -0.15) is 0 Å². The van der Waals surface area contributed by atoms with Gasteiger partial charge in [0.2, 0.25) is 5.76 Å². The molecule has 1 aliphatic heterocycles. The summed E-state index contributed by atoms with van der Waals surface area (Å²) in [7, 11) is 0. The number of esters is 1. The summed E-state index contributed by atoms with van der Waals surface area (Å²) in [6, 6.07) is 5.77. The third-order valence-electron chi connectivity index (χ3n) is 4.09.